The summed E-state index contributed by atoms with van der Waals surface area (Å²) in [5.74, 6) is 0.291. The van der Waals surface area contributed by atoms with Crippen molar-refractivity contribution in [3.63, 3.8) is 0 Å². The van der Waals surface area contributed by atoms with E-state index in [4.69, 9.17) is 4.74 Å². The van der Waals surface area contributed by atoms with Crippen LogP contribution in [0.3, 0.4) is 0 Å². The second kappa shape index (κ2) is 7.75. The van der Waals surface area contributed by atoms with Crippen molar-refractivity contribution in [2.45, 2.75) is 83.0 Å². The van der Waals surface area contributed by atoms with Crippen molar-refractivity contribution >= 4 is 11.9 Å². The predicted molar refractivity (Wildman–Crippen MR) is 110 cm³/mol. The second-order valence-corrected chi connectivity index (χ2v) is 9.95. The standard InChI is InChI=1S/C24H33NO4/c1-16(8-9-18-6-4-3-5-7-18)25-21(26)17(2)29-22(27)23-11-19-10-20(12-23)14-24(28,13-19)15-23/h3-7,16-17,19-20,28H,8-15H2,1-2H3,(H,25,26)/t16-,17-,19-,20-,23?,24?/m1/s1. The largest absolute Gasteiger partial charge is 0.452 e. The molecule has 5 nitrogen and oxygen atoms in total. The summed E-state index contributed by atoms with van der Waals surface area (Å²) in [5.41, 5.74) is -0.0554. The molecule has 2 N–H and O–H groups in total. The first kappa shape index (κ1) is 20.4. The number of amides is 1. The van der Waals surface area contributed by atoms with Crippen molar-refractivity contribution in [3.05, 3.63) is 35.9 Å². The van der Waals surface area contributed by atoms with E-state index in [1.54, 1.807) is 6.92 Å². The molecule has 4 atom stereocenters. The minimum atomic E-state index is -0.815. The molecule has 5 heteroatoms. The highest BCUT2D eigenvalue weighted by molar-refractivity contribution is 5.85. The van der Waals surface area contributed by atoms with E-state index in [-0.39, 0.29) is 17.9 Å². The van der Waals surface area contributed by atoms with Gasteiger partial charge in [-0.2, -0.15) is 0 Å². The Morgan fingerprint density at radius 2 is 1.79 bits per heavy atom. The molecule has 158 valence electrons. The van der Waals surface area contributed by atoms with Crippen molar-refractivity contribution < 1.29 is 19.4 Å². The molecular formula is C24H33NO4. The normalized spacial score (nSPS) is 34.4. The Morgan fingerprint density at radius 3 is 2.41 bits per heavy atom. The number of aryl methyl sites for hydroxylation is 1. The maximum atomic E-state index is 13.0. The van der Waals surface area contributed by atoms with E-state index >= 15 is 0 Å². The van der Waals surface area contributed by atoms with Gasteiger partial charge >= 0.3 is 5.97 Å². The first-order chi connectivity index (χ1) is 13.8. The zero-order valence-electron chi connectivity index (χ0n) is 17.5. The Morgan fingerprint density at radius 1 is 1.14 bits per heavy atom. The van der Waals surface area contributed by atoms with Crippen LogP contribution in [0.15, 0.2) is 30.3 Å². The number of carbonyl (C=O) groups excluding carboxylic acids is 2. The number of nitrogens with one attached hydrogen (secondary N) is 1. The van der Waals surface area contributed by atoms with Crippen LogP contribution in [-0.4, -0.2) is 34.7 Å². The molecule has 0 saturated heterocycles. The number of rotatable bonds is 7. The lowest BCUT2D eigenvalue weighted by Gasteiger charge is -2.58. The Hall–Kier alpha value is -1.88. The first-order valence-electron chi connectivity index (χ1n) is 11.0. The topological polar surface area (TPSA) is 75.6 Å². The molecular weight excluding hydrogens is 366 g/mol. The van der Waals surface area contributed by atoms with Gasteiger partial charge in [-0.05, 0) is 82.6 Å². The minimum absolute atomic E-state index is 0.00381. The lowest BCUT2D eigenvalue weighted by Crippen LogP contribution is -2.59. The van der Waals surface area contributed by atoms with Crippen LogP contribution in [0, 0.1) is 17.3 Å². The van der Waals surface area contributed by atoms with Gasteiger partial charge in [-0.25, -0.2) is 0 Å². The molecule has 1 aromatic carbocycles. The van der Waals surface area contributed by atoms with Gasteiger partial charge in [-0.3, -0.25) is 9.59 Å². The Kier molecular flexibility index (Phi) is 5.45. The summed E-state index contributed by atoms with van der Waals surface area (Å²) in [7, 11) is 0. The third-order valence-corrected chi connectivity index (χ3v) is 7.21. The average molecular weight is 400 g/mol. The molecule has 0 unspecified atom stereocenters. The van der Waals surface area contributed by atoms with E-state index in [1.165, 1.54) is 5.56 Å². The van der Waals surface area contributed by atoms with Crippen molar-refractivity contribution in [1.29, 1.82) is 0 Å². The fraction of sp³-hybridized carbons (Fsp3) is 0.667. The minimum Gasteiger partial charge on any atom is -0.452 e. The van der Waals surface area contributed by atoms with Crippen molar-refractivity contribution in [3.8, 4) is 0 Å². The Labute approximate surface area is 173 Å². The van der Waals surface area contributed by atoms with Gasteiger partial charge in [-0.15, -0.1) is 0 Å². The third-order valence-electron chi connectivity index (χ3n) is 7.21. The number of hydrogen-bond donors (Lipinski definition) is 2. The number of hydrogen-bond acceptors (Lipinski definition) is 4. The van der Waals surface area contributed by atoms with Gasteiger partial charge in [0.1, 0.15) is 0 Å². The number of aliphatic hydroxyl groups is 1. The van der Waals surface area contributed by atoms with E-state index in [9.17, 15) is 14.7 Å². The van der Waals surface area contributed by atoms with Crippen LogP contribution in [0.25, 0.3) is 0 Å². The zero-order valence-corrected chi connectivity index (χ0v) is 17.5. The summed E-state index contributed by atoms with van der Waals surface area (Å²) in [6.07, 6.45) is 5.74. The molecule has 4 aliphatic rings. The molecule has 0 aliphatic heterocycles. The molecule has 29 heavy (non-hydrogen) atoms. The Balaban J connectivity index is 1.29. The van der Waals surface area contributed by atoms with E-state index in [2.05, 4.69) is 17.4 Å². The molecule has 4 saturated carbocycles. The molecule has 1 aromatic rings. The summed E-state index contributed by atoms with van der Waals surface area (Å²) in [4.78, 5) is 25.6. The van der Waals surface area contributed by atoms with E-state index in [0.29, 0.717) is 18.3 Å². The third kappa shape index (κ3) is 4.35. The van der Waals surface area contributed by atoms with Gasteiger partial charge < -0.3 is 15.2 Å². The highest BCUT2D eigenvalue weighted by Gasteiger charge is 2.61. The van der Waals surface area contributed by atoms with Crippen LogP contribution >= 0.6 is 0 Å². The lowest BCUT2D eigenvalue weighted by molar-refractivity contribution is -0.200. The molecule has 0 radical (unpaired) electrons. The molecule has 0 heterocycles. The number of benzene rings is 1. The van der Waals surface area contributed by atoms with Crippen LogP contribution in [0.2, 0.25) is 0 Å². The smallest absolute Gasteiger partial charge is 0.312 e. The van der Waals surface area contributed by atoms with Crippen LogP contribution in [0.1, 0.15) is 64.4 Å². The van der Waals surface area contributed by atoms with Crippen LogP contribution in [-0.2, 0) is 20.7 Å². The van der Waals surface area contributed by atoms with Gasteiger partial charge in [-0.1, -0.05) is 30.3 Å². The van der Waals surface area contributed by atoms with E-state index in [1.807, 2.05) is 25.1 Å². The summed E-state index contributed by atoms with van der Waals surface area (Å²) < 4.78 is 5.64. The maximum absolute atomic E-state index is 13.0. The van der Waals surface area contributed by atoms with Gasteiger partial charge in [0.25, 0.3) is 5.91 Å². The Bertz CT molecular complexity index is 747. The second-order valence-electron chi connectivity index (χ2n) is 9.95. The first-order valence-corrected chi connectivity index (χ1v) is 11.0. The van der Waals surface area contributed by atoms with E-state index in [0.717, 1.165) is 44.9 Å². The maximum Gasteiger partial charge on any atom is 0.312 e. The zero-order chi connectivity index (χ0) is 20.6. The van der Waals surface area contributed by atoms with Crippen LogP contribution in [0.4, 0.5) is 0 Å². The van der Waals surface area contributed by atoms with Gasteiger partial charge in [0.05, 0.1) is 11.0 Å². The monoisotopic (exact) mass is 399 g/mol. The molecule has 0 spiro atoms. The van der Waals surface area contributed by atoms with Crippen molar-refractivity contribution in [2.75, 3.05) is 0 Å². The average Bonchev–Trinajstić information content (AvgIpc) is 2.65. The number of ether oxygens (including phenoxy) is 1. The summed E-state index contributed by atoms with van der Waals surface area (Å²) in [5, 5.41) is 13.8. The molecule has 1 amide bonds. The highest BCUT2D eigenvalue weighted by atomic mass is 16.5. The SMILES string of the molecule is C[C@H](CCc1ccccc1)NC(=O)[C@@H](C)OC(=O)C12C[C@H]3C[C@@H](CC(O)(C3)C1)C2. The molecule has 0 aromatic heterocycles. The fourth-order valence-corrected chi connectivity index (χ4v) is 6.25. The molecule has 5 rings (SSSR count). The van der Waals surface area contributed by atoms with Crippen LogP contribution in [0.5, 0.6) is 0 Å². The van der Waals surface area contributed by atoms with Crippen molar-refractivity contribution in [2.24, 2.45) is 17.3 Å². The summed E-state index contributed by atoms with van der Waals surface area (Å²) >= 11 is 0. The lowest BCUT2D eigenvalue weighted by atomic mass is 9.48. The number of esters is 1. The quantitative estimate of drug-likeness (QED) is 0.689. The van der Waals surface area contributed by atoms with Crippen LogP contribution < -0.4 is 5.32 Å². The van der Waals surface area contributed by atoms with Crippen molar-refractivity contribution in [1.82, 2.24) is 5.32 Å². The van der Waals surface area contributed by atoms with E-state index < -0.39 is 17.1 Å². The number of carbonyl (C=O) groups is 2. The molecule has 4 fully saturated rings. The summed E-state index contributed by atoms with van der Waals surface area (Å²) in [6.45, 7) is 3.62. The van der Waals surface area contributed by atoms with Gasteiger partial charge in [0.15, 0.2) is 6.10 Å². The summed E-state index contributed by atoms with van der Waals surface area (Å²) in [6, 6.07) is 10.2. The van der Waals surface area contributed by atoms with Gasteiger partial charge in [0, 0.05) is 6.04 Å². The highest BCUT2D eigenvalue weighted by Crippen LogP contribution is 2.62. The molecule has 4 bridgehead atoms. The molecule has 4 aliphatic carbocycles. The predicted octanol–water partition coefficient (Wildman–Crippen LogP) is 3.39. The fourth-order valence-electron chi connectivity index (χ4n) is 6.25. The van der Waals surface area contributed by atoms with Gasteiger partial charge in [0.2, 0.25) is 0 Å².